The summed E-state index contributed by atoms with van der Waals surface area (Å²) in [5, 5.41) is 0. The zero-order valence-electron chi connectivity index (χ0n) is 13.3. The van der Waals surface area contributed by atoms with Crippen molar-refractivity contribution < 1.29 is 22.4 Å². The molecule has 0 atom stereocenters. The summed E-state index contributed by atoms with van der Waals surface area (Å²) in [7, 11) is 0. The fourth-order valence-corrected chi connectivity index (χ4v) is 2.83. The summed E-state index contributed by atoms with van der Waals surface area (Å²) in [5.74, 6) is -3.41. The first-order valence-corrected chi connectivity index (χ1v) is 7.84. The van der Waals surface area contributed by atoms with Gasteiger partial charge in [-0.1, -0.05) is 0 Å². The second-order valence-corrected chi connectivity index (χ2v) is 5.93. The third-order valence-corrected chi connectivity index (χ3v) is 4.23. The first-order valence-electron chi connectivity index (χ1n) is 7.84. The van der Waals surface area contributed by atoms with Crippen LogP contribution in [0.5, 0.6) is 0 Å². The molecule has 3 rings (SSSR count). The Hall–Kier alpha value is -2.41. The molecule has 0 spiro atoms. The summed E-state index contributed by atoms with van der Waals surface area (Å²) < 4.78 is 53.1. The summed E-state index contributed by atoms with van der Waals surface area (Å²) in [4.78, 5) is 15.8. The zero-order valence-corrected chi connectivity index (χ0v) is 13.3. The molecule has 0 aromatic heterocycles. The normalized spacial score (nSPS) is 15.4. The minimum atomic E-state index is -1.06. The average molecular weight is 352 g/mol. The Morgan fingerprint density at radius 1 is 0.840 bits per heavy atom. The minimum Gasteiger partial charge on any atom is -0.336 e. The van der Waals surface area contributed by atoms with Gasteiger partial charge in [0.1, 0.15) is 11.6 Å². The van der Waals surface area contributed by atoms with Crippen molar-refractivity contribution in [2.75, 3.05) is 26.2 Å². The lowest BCUT2D eigenvalue weighted by molar-refractivity contribution is 0.0626. The largest absolute Gasteiger partial charge is 0.336 e. The van der Waals surface area contributed by atoms with Crippen molar-refractivity contribution in [2.45, 2.75) is 6.54 Å². The van der Waals surface area contributed by atoms with E-state index in [1.54, 1.807) is 0 Å². The van der Waals surface area contributed by atoms with Crippen LogP contribution in [-0.2, 0) is 6.54 Å². The molecule has 0 saturated carbocycles. The molecule has 7 heteroatoms. The van der Waals surface area contributed by atoms with E-state index in [0.717, 1.165) is 30.3 Å². The van der Waals surface area contributed by atoms with Gasteiger partial charge in [-0.15, -0.1) is 0 Å². The second-order valence-electron chi connectivity index (χ2n) is 5.93. The number of benzene rings is 2. The molecule has 0 bridgehead atoms. The van der Waals surface area contributed by atoms with Crippen LogP contribution in [0.25, 0.3) is 0 Å². The van der Waals surface area contributed by atoms with Gasteiger partial charge >= 0.3 is 0 Å². The van der Waals surface area contributed by atoms with Gasteiger partial charge < -0.3 is 4.90 Å². The predicted molar refractivity (Wildman–Crippen MR) is 83.9 cm³/mol. The quantitative estimate of drug-likeness (QED) is 0.792. The average Bonchev–Trinajstić information content (AvgIpc) is 2.60. The molecular formula is C18H16F4N2O. The molecule has 0 radical (unpaired) electrons. The molecule has 0 aliphatic carbocycles. The monoisotopic (exact) mass is 352 g/mol. The lowest BCUT2D eigenvalue weighted by Crippen LogP contribution is -2.48. The smallest absolute Gasteiger partial charge is 0.254 e. The van der Waals surface area contributed by atoms with Gasteiger partial charge in [-0.05, 0) is 36.4 Å². The maximum atomic E-state index is 13.7. The number of nitrogens with zero attached hydrogens (tertiary/aromatic N) is 2. The van der Waals surface area contributed by atoms with E-state index in [0.29, 0.717) is 26.2 Å². The van der Waals surface area contributed by atoms with E-state index in [4.69, 9.17) is 0 Å². The summed E-state index contributed by atoms with van der Waals surface area (Å²) in [5.41, 5.74) is 0.351. The van der Waals surface area contributed by atoms with E-state index in [9.17, 15) is 22.4 Å². The predicted octanol–water partition coefficient (Wildman–Crippen LogP) is 3.20. The van der Waals surface area contributed by atoms with Crippen LogP contribution in [0.4, 0.5) is 17.6 Å². The van der Waals surface area contributed by atoms with Crippen LogP contribution in [0.2, 0.25) is 0 Å². The van der Waals surface area contributed by atoms with Gasteiger partial charge in [0.25, 0.3) is 5.91 Å². The van der Waals surface area contributed by atoms with Crippen molar-refractivity contribution in [3.63, 3.8) is 0 Å². The molecule has 0 N–H and O–H groups in total. The van der Waals surface area contributed by atoms with Crippen LogP contribution in [0.15, 0.2) is 36.4 Å². The second kappa shape index (κ2) is 7.23. The zero-order chi connectivity index (χ0) is 18.0. The van der Waals surface area contributed by atoms with Gasteiger partial charge in [0.05, 0.1) is 0 Å². The van der Waals surface area contributed by atoms with Crippen molar-refractivity contribution in [3.05, 3.63) is 70.8 Å². The summed E-state index contributed by atoms with van der Waals surface area (Å²) in [6, 6.07) is 6.37. The number of rotatable bonds is 3. The molecule has 25 heavy (non-hydrogen) atoms. The van der Waals surface area contributed by atoms with E-state index in [-0.39, 0.29) is 23.6 Å². The first kappa shape index (κ1) is 17.4. The molecule has 2 aromatic rings. The molecule has 1 heterocycles. The van der Waals surface area contributed by atoms with Crippen LogP contribution in [-0.4, -0.2) is 41.9 Å². The highest BCUT2D eigenvalue weighted by molar-refractivity contribution is 5.94. The molecular weight excluding hydrogens is 336 g/mol. The van der Waals surface area contributed by atoms with Crippen molar-refractivity contribution in [1.82, 2.24) is 9.80 Å². The number of halogens is 4. The van der Waals surface area contributed by atoms with Gasteiger partial charge in [0.15, 0.2) is 11.6 Å². The van der Waals surface area contributed by atoms with Gasteiger partial charge in [0, 0.05) is 43.9 Å². The van der Waals surface area contributed by atoms with Crippen LogP contribution in [0.1, 0.15) is 15.9 Å². The highest BCUT2D eigenvalue weighted by Gasteiger charge is 2.23. The van der Waals surface area contributed by atoms with Gasteiger partial charge in [0.2, 0.25) is 0 Å². The summed E-state index contributed by atoms with van der Waals surface area (Å²) in [6.07, 6.45) is 0. The molecule has 132 valence electrons. The minimum absolute atomic E-state index is 0.0866. The Kier molecular flexibility index (Phi) is 5.03. The molecule has 3 nitrogen and oxygen atoms in total. The molecule has 1 aliphatic rings. The van der Waals surface area contributed by atoms with E-state index >= 15 is 0 Å². The molecule has 2 aromatic carbocycles. The SMILES string of the molecule is O=C(c1ccc(F)c(F)c1)N1CCN(Cc2cc(F)ccc2F)CC1. The number of hydrogen-bond donors (Lipinski definition) is 0. The van der Waals surface area contributed by atoms with Crippen LogP contribution in [0.3, 0.4) is 0 Å². The fraction of sp³-hybridized carbons (Fsp3) is 0.278. The first-order chi connectivity index (χ1) is 11.9. The fourth-order valence-electron chi connectivity index (χ4n) is 2.83. The third-order valence-electron chi connectivity index (χ3n) is 4.23. The van der Waals surface area contributed by atoms with Crippen LogP contribution < -0.4 is 0 Å². The number of carbonyl (C=O) groups is 1. The van der Waals surface area contributed by atoms with Gasteiger partial charge in [-0.2, -0.15) is 0 Å². The van der Waals surface area contributed by atoms with E-state index in [1.807, 2.05) is 4.90 Å². The van der Waals surface area contributed by atoms with Crippen molar-refractivity contribution in [2.24, 2.45) is 0 Å². The Bertz CT molecular complexity index is 789. The topological polar surface area (TPSA) is 23.6 Å². The van der Waals surface area contributed by atoms with Crippen LogP contribution in [0, 0.1) is 23.3 Å². The number of amides is 1. The number of carbonyl (C=O) groups excluding carboxylic acids is 1. The van der Waals surface area contributed by atoms with Crippen LogP contribution >= 0.6 is 0 Å². The molecule has 1 fully saturated rings. The Balaban J connectivity index is 1.60. The standard InChI is InChI=1S/C18H16F4N2O/c19-14-2-4-15(20)13(9-14)11-23-5-7-24(8-6-23)18(25)12-1-3-16(21)17(22)10-12/h1-4,9-10H,5-8,11H2. The molecule has 1 amide bonds. The molecule has 1 aliphatic heterocycles. The maximum absolute atomic E-state index is 13.7. The Morgan fingerprint density at radius 2 is 1.52 bits per heavy atom. The molecule has 1 saturated heterocycles. The Labute approximate surface area is 142 Å². The van der Waals surface area contributed by atoms with Crippen molar-refractivity contribution >= 4 is 5.91 Å². The van der Waals surface area contributed by atoms with E-state index < -0.39 is 23.3 Å². The van der Waals surface area contributed by atoms with Gasteiger partial charge in [-0.3, -0.25) is 9.69 Å². The number of hydrogen-bond acceptors (Lipinski definition) is 2. The van der Waals surface area contributed by atoms with Crippen molar-refractivity contribution in [3.8, 4) is 0 Å². The maximum Gasteiger partial charge on any atom is 0.254 e. The lowest BCUT2D eigenvalue weighted by atomic mass is 10.1. The summed E-state index contributed by atoms with van der Waals surface area (Å²) in [6.45, 7) is 1.94. The summed E-state index contributed by atoms with van der Waals surface area (Å²) >= 11 is 0. The third kappa shape index (κ3) is 3.99. The van der Waals surface area contributed by atoms with Crippen molar-refractivity contribution in [1.29, 1.82) is 0 Å². The Morgan fingerprint density at radius 3 is 2.20 bits per heavy atom. The molecule has 0 unspecified atom stereocenters. The van der Waals surface area contributed by atoms with E-state index in [1.165, 1.54) is 11.0 Å². The lowest BCUT2D eigenvalue weighted by Gasteiger charge is -2.34. The highest BCUT2D eigenvalue weighted by atomic mass is 19.2. The van der Waals surface area contributed by atoms with E-state index in [2.05, 4.69) is 0 Å². The highest BCUT2D eigenvalue weighted by Crippen LogP contribution is 2.16. The van der Waals surface area contributed by atoms with Gasteiger partial charge in [-0.25, -0.2) is 17.6 Å². The number of piperazine rings is 1.